The fraction of sp³-hybridized carbons (Fsp3) is 0.400. The van der Waals surface area contributed by atoms with Gasteiger partial charge in [-0.05, 0) is 18.6 Å². The van der Waals surface area contributed by atoms with E-state index in [-0.39, 0.29) is 24.7 Å². The molecule has 3 aromatic rings. The maximum absolute atomic E-state index is 12.8. The molecule has 3 rings (SSSR count). The highest BCUT2D eigenvalue weighted by Crippen LogP contribution is 2.25. The fourth-order valence-corrected chi connectivity index (χ4v) is 3.57. The molecule has 1 atom stereocenters. The van der Waals surface area contributed by atoms with E-state index >= 15 is 0 Å². The van der Waals surface area contributed by atoms with Gasteiger partial charge in [0.25, 0.3) is 0 Å². The lowest BCUT2D eigenvalue weighted by Gasteiger charge is -2.18. The van der Waals surface area contributed by atoms with E-state index in [4.69, 9.17) is 37.4 Å². The summed E-state index contributed by atoms with van der Waals surface area (Å²) in [4.78, 5) is 21.3. The van der Waals surface area contributed by atoms with E-state index < -0.39 is 0 Å². The van der Waals surface area contributed by atoms with E-state index in [1.165, 1.54) is 7.11 Å². The van der Waals surface area contributed by atoms with Crippen LogP contribution in [0.25, 0.3) is 5.65 Å². The monoisotopic (exact) mass is 452 g/mol. The van der Waals surface area contributed by atoms with Crippen molar-refractivity contribution in [1.29, 1.82) is 0 Å². The van der Waals surface area contributed by atoms with Gasteiger partial charge in [0.05, 0.1) is 32.1 Å². The number of carbonyl (C=O) groups excluding carboxylic acids is 1. The van der Waals surface area contributed by atoms with E-state index in [1.54, 1.807) is 36.2 Å². The van der Waals surface area contributed by atoms with Gasteiger partial charge < -0.3 is 14.2 Å². The molecule has 3 aromatic heterocycles. The number of Topliss-reactive ketones (excluding diaryl/α,β-unsaturated/α-hetero) is 1. The van der Waals surface area contributed by atoms with E-state index in [9.17, 15) is 4.79 Å². The quantitative estimate of drug-likeness (QED) is 0.434. The topological polar surface area (TPSA) is 87.8 Å². The number of hydrogen-bond acceptors (Lipinski definition) is 7. The summed E-state index contributed by atoms with van der Waals surface area (Å²) in [6.45, 7) is 2.75. The van der Waals surface area contributed by atoms with E-state index in [0.29, 0.717) is 46.0 Å². The van der Waals surface area contributed by atoms with Crippen molar-refractivity contribution in [3.05, 3.63) is 51.5 Å². The number of halogens is 2. The van der Waals surface area contributed by atoms with Crippen molar-refractivity contribution in [3.63, 3.8) is 0 Å². The second-order valence-electron chi connectivity index (χ2n) is 6.64. The van der Waals surface area contributed by atoms with Gasteiger partial charge in [-0.15, -0.1) is 0 Å². The number of methoxy groups -OCH3 is 2. The van der Waals surface area contributed by atoms with Crippen LogP contribution in [0.2, 0.25) is 10.2 Å². The van der Waals surface area contributed by atoms with E-state index in [1.807, 2.05) is 6.92 Å². The molecule has 0 bridgehead atoms. The summed E-state index contributed by atoms with van der Waals surface area (Å²) in [7, 11) is 3.09. The fourth-order valence-electron chi connectivity index (χ4n) is 3.13. The first-order chi connectivity index (χ1) is 14.4. The largest absolute Gasteiger partial charge is 0.480 e. The highest BCUT2D eigenvalue weighted by Gasteiger charge is 2.20. The molecule has 8 nitrogen and oxygen atoms in total. The maximum atomic E-state index is 12.8. The van der Waals surface area contributed by atoms with Crippen LogP contribution < -0.4 is 4.74 Å². The zero-order valence-corrected chi connectivity index (χ0v) is 18.4. The zero-order chi connectivity index (χ0) is 21.7. The number of ketones is 1. The lowest BCUT2D eigenvalue weighted by atomic mass is 10.0. The van der Waals surface area contributed by atoms with Crippen LogP contribution in [-0.4, -0.2) is 52.8 Å². The minimum absolute atomic E-state index is 0.0252. The minimum atomic E-state index is -0.346. The van der Waals surface area contributed by atoms with E-state index in [0.717, 1.165) is 5.69 Å². The Kier molecular flexibility index (Phi) is 7.60. The number of fused-ring (bicyclic) bond motifs is 1. The molecule has 0 saturated carbocycles. The summed E-state index contributed by atoms with van der Waals surface area (Å²) < 4.78 is 17.6. The third kappa shape index (κ3) is 5.26. The summed E-state index contributed by atoms with van der Waals surface area (Å²) >= 11 is 12.2. The Bertz CT molecular complexity index is 1040. The Morgan fingerprint density at radius 2 is 1.93 bits per heavy atom. The molecule has 0 aliphatic carbocycles. The Morgan fingerprint density at radius 3 is 2.63 bits per heavy atom. The van der Waals surface area contributed by atoms with E-state index in [2.05, 4.69) is 15.1 Å². The van der Waals surface area contributed by atoms with Crippen molar-refractivity contribution >= 4 is 34.6 Å². The van der Waals surface area contributed by atoms with Gasteiger partial charge in [-0.3, -0.25) is 4.79 Å². The third-order valence-electron chi connectivity index (χ3n) is 4.46. The van der Waals surface area contributed by atoms with Gasteiger partial charge in [-0.25, -0.2) is 14.5 Å². The molecule has 0 radical (unpaired) electrons. The number of aromatic nitrogens is 4. The predicted molar refractivity (Wildman–Crippen MR) is 112 cm³/mol. The number of nitrogens with zero attached hydrogens (tertiary/aromatic N) is 4. The molecule has 30 heavy (non-hydrogen) atoms. The average molecular weight is 453 g/mol. The zero-order valence-electron chi connectivity index (χ0n) is 16.9. The molecule has 10 heteroatoms. The summed E-state index contributed by atoms with van der Waals surface area (Å²) in [5.74, 6) is 0.296. The van der Waals surface area contributed by atoms with Gasteiger partial charge in [0.15, 0.2) is 10.8 Å². The van der Waals surface area contributed by atoms with Gasteiger partial charge in [-0.1, -0.05) is 23.2 Å². The molecule has 0 aliphatic rings. The second-order valence-corrected chi connectivity index (χ2v) is 7.43. The van der Waals surface area contributed by atoms with Crippen LogP contribution in [0.3, 0.4) is 0 Å². The Morgan fingerprint density at radius 1 is 1.13 bits per heavy atom. The smallest absolute Gasteiger partial charge is 0.232 e. The molecule has 0 unspecified atom stereocenters. The Balaban J connectivity index is 1.84. The summed E-state index contributed by atoms with van der Waals surface area (Å²) in [6.07, 6.45) is 3.22. The highest BCUT2D eigenvalue weighted by molar-refractivity contribution is 6.31. The van der Waals surface area contributed by atoms with Crippen molar-refractivity contribution in [2.24, 2.45) is 0 Å². The maximum Gasteiger partial charge on any atom is 0.232 e. The van der Waals surface area contributed by atoms with Crippen LogP contribution in [0.1, 0.15) is 29.8 Å². The number of rotatable bonds is 10. The molecule has 0 N–H and O–H groups in total. The average Bonchev–Trinajstić information content (AvgIpc) is 3.08. The minimum Gasteiger partial charge on any atom is -0.480 e. The van der Waals surface area contributed by atoms with Crippen LogP contribution >= 0.6 is 23.2 Å². The predicted octanol–water partition coefficient (Wildman–Crippen LogP) is 3.52. The molecule has 0 aliphatic heterocycles. The molecule has 0 fully saturated rings. The molecular formula is C20H22Cl2N4O4. The van der Waals surface area contributed by atoms with Crippen LogP contribution in [0.4, 0.5) is 0 Å². The SMILES string of the molecule is COCCO[C@@H](C)c1c(CC(=O)Cc2cnc(OC)c(Cl)c2)cnc2cc(Cl)nn12. The molecule has 160 valence electrons. The summed E-state index contributed by atoms with van der Waals surface area (Å²) in [6, 6.07) is 3.33. The van der Waals surface area contributed by atoms with Crippen molar-refractivity contribution in [2.75, 3.05) is 27.4 Å². The van der Waals surface area contributed by atoms with Crippen LogP contribution in [0.15, 0.2) is 24.5 Å². The summed E-state index contributed by atoms with van der Waals surface area (Å²) in [5, 5.41) is 4.98. The van der Waals surface area contributed by atoms with Gasteiger partial charge >= 0.3 is 0 Å². The normalized spacial score (nSPS) is 12.3. The highest BCUT2D eigenvalue weighted by atomic mass is 35.5. The number of hydrogen-bond donors (Lipinski definition) is 0. The van der Waals surface area contributed by atoms with Gasteiger partial charge in [0.1, 0.15) is 10.8 Å². The summed E-state index contributed by atoms with van der Waals surface area (Å²) in [5.41, 5.74) is 2.72. The molecule has 0 spiro atoms. The Hall–Kier alpha value is -2.26. The number of ether oxygens (including phenoxy) is 3. The molecule has 3 heterocycles. The Labute approximate surface area is 184 Å². The lowest BCUT2D eigenvalue weighted by Crippen LogP contribution is -2.17. The molecule has 0 saturated heterocycles. The van der Waals surface area contributed by atoms with Crippen LogP contribution in [-0.2, 0) is 27.1 Å². The van der Waals surface area contributed by atoms with Gasteiger partial charge in [0.2, 0.25) is 5.88 Å². The first-order valence-corrected chi connectivity index (χ1v) is 10.0. The van der Waals surface area contributed by atoms with Crippen LogP contribution in [0, 0.1) is 0 Å². The van der Waals surface area contributed by atoms with Crippen molar-refractivity contribution in [2.45, 2.75) is 25.9 Å². The van der Waals surface area contributed by atoms with Gasteiger partial charge in [0, 0.05) is 44.0 Å². The first kappa shape index (κ1) is 22.4. The number of carbonyl (C=O) groups is 1. The second kappa shape index (κ2) is 10.2. The number of pyridine rings is 1. The lowest BCUT2D eigenvalue weighted by molar-refractivity contribution is -0.117. The van der Waals surface area contributed by atoms with Crippen molar-refractivity contribution in [1.82, 2.24) is 19.6 Å². The van der Waals surface area contributed by atoms with Crippen molar-refractivity contribution < 1.29 is 19.0 Å². The first-order valence-electron chi connectivity index (χ1n) is 9.26. The molecule has 0 aromatic carbocycles. The third-order valence-corrected chi connectivity index (χ3v) is 4.91. The van der Waals surface area contributed by atoms with Gasteiger partial charge in [-0.2, -0.15) is 5.10 Å². The standard InChI is InChI=1S/C20H22Cl2N4O4/c1-12(30-5-4-28-2)19-14(11-23-18-9-17(22)25-26(18)19)8-15(27)6-13-7-16(21)20(29-3)24-10-13/h7,9-12H,4-6,8H2,1-3H3/t12-/m0/s1. The van der Waals surface area contributed by atoms with Crippen molar-refractivity contribution in [3.8, 4) is 5.88 Å². The molecular weight excluding hydrogens is 431 g/mol. The molecule has 0 amide bonds. The van der Waals surface area contributed by atoms with Crippen LogP contribution in [0.5, 0.6) is 5.88 Å².